The topological polar surface area (TPSA) is 246 Å². The van der Waals surface area contributed by atoms with Gasteiger partial charge in [-0.2, -0.15) is 0 Å². The number of carbonyl (C=O) groups excluding carboxylic acids is 1. The molecule has 0 radical (unpaired) electrons. The Morgan fingerprint density at radius 3 is 2.06 bits per heavy atom. The first-order chi connectivity index (χ1) is 39.3. The second-order valence-electron chi connectivity index (χ2n) is 28.4. The van der Waals surface area contributed by atoms with E-state index in [1.54, 1.807) is 0 Å². The molecule has 17 rings (SSSR count). The first kappa shape index (κ1) is 55.5. The fourth-order valence-corrected chi connectivity index (χ4v) is 18.9. The molecule has 34 atom stereocenters. The van der Waals surface area contributed by atoms with Gasteiger partial charge in [0.15, 0.2) is 17.7 Å². The highest BCUT2D eigenvalue weighted by atomic mass is 16.8. The highest BCUT2D eigenvalue weighted by molar-refractivity contribution is 5.70. The minimum Gasteiger partial charge on any atom is -0.459 e. The van der Waals surface area contributed by atoms with E-state index in [9.17, 15) is 25.2 Å². The molecule has 17 aliphatic heterocycles. The van der Waals surface area contributed by atoms with Crippen LogP contribution in [0.1, 0.15) is 137 Å². The van der Waals surface area contributed by atoms with E-state index in [0.29, 0.717) is 83.5 Å². The third-order valence-electron chi connectivity index (χ3n) is 22.9. The van der Waals surface area contributed by atoms with Crippen molar-refractivity contribution >= 4 is 5.97 Å². The average molecular weight is 1160 g/mol. The third kappa shape index (κ3) is 8.87. The molecule has 0 aromatic carbocycles. The van der Waals surface area contributed by atoms with Gasteiger partial charge in [0.05, 0.1) is 123 Å². The molecule has 0 aromatic rings. The molecular formula is C61H86O21. The second-order valence-corrected chi connectivity index (χ2v) is 28.4. The Hall–Kier alpha value is -1.81. The fourth-order valence-electron chi connectivity index (χ4n) is 18.9. The van der Waals surface area contributed by atoms with E-state index in [0.717, 1.165) is 24.0 Å². The molecule has 4 N–H and O–H groups in total. The summed E-state index contributed by atoms with van der Waals surface area (Å²) >= 11 is 0. The summed E-state index contributed by atoms with van der Waals surface area (Å²) in [7, 11) is 0. The maximum atomic E-state index is 14.6. The number of hydrogen-bond donors (Lipinski definition) is 4. The van der Waals surface area contributed by atoms with Crippen molar-refractivity contribution in [2.45, 2.75) is 319 Å². The van der Waals surface area contributed by atoms with E-state index in [2.05, 4.69) is 40.9 Å². The lowest BCUT2D eigenvalue weighted by Gasteiger charge is -2.54. The monoisotopic (exact) mass is 1150 g/mol. The maximum Gasteiger partial charge on any atom is 0.308 e. The van der Waals surface area contributed by atoms with Gasteiger partial charge >= 0.3 is 5.97 Å². The van der Waals surface area contributed by atoms with Crippen molar-refractivity contribution in [3.05, 3.63) is 24.3 Å². The van der Waals surface area contributed by atoms with Crippen LogP contribution in [0.15, 0.2) is 24.3 Å². The Labute approximate surface area is 478 Å². The summed E-state index contributed by atoms with van der Waals surface area (Å²) in [6.07, 6.45) is -3.21. The number of rotatable bonds is 2. The maximum absolute atomic E-state index is 14.6. The molecule has 0 aliphatic carbocycles. The van der Waals surface area contributed by atoms with Crippen molar-refractivity contribution in [3.8, 4) is 0 Å². The summed E-state index contributed by atoms with van der Waals surface area (Å²) in [5.41, 5.74) is 2.01. The first-order valence-corrected chi connectivity index (χ1v) is 31.6. The zero-order chi connectivity index (χ0) is 56.1. The molecule has 456 valence electrons. The van der Waals surface area contributed by atoms with Crippen LogP contribution in [0, 0.1) is 23.7 Å². The third-order valence-corrected chi connectivity index (χ3v) is 22.9. The van der Waals surface area contributed by atoms with Crippen molar-refractivity contribution in [1.29, 1.82) is 0 Å². The Balaban J connectivity index is 0.633. The molecule has 0 amide bonds. The number of hydrogen-bond acceptors (Lipinski definition) is 21. The van der Waals surface area contributed by atoms with Gasteiger partial charge in [-0.3, -0.25) is 4.79 Å². The number of ether oxygens (including phenoxy) is 16. The minimum atomic E-state index is -2.03. The molecule has 17 heterocycles. The Bertz CT molecular complexity index is 2500. The molecule has 17 saturated heterocycles. The molecule has 17 aliphatic rings. The number of fused-ring (bicyclic) bond motifs is 11. The van der Waals surface area contributed by atoms with E-state index in [4.69, 9.17) is 75.8 Å². The van der Waals surface area contributed by atoms with E-state index in [-0.39, 0.29) is 122 Å². The van der Waals surface area contributed by atoms with Gasteiger partial charge in [-0.15, -0.1) is 0 Å². The van der Waals surface area contributed by atoms with Crippen molar-refractivity contribution in [2.75, 3.05) is 6.61 Å². The zero-order valence-corrected chi connectivity index (χ0v) is 47.7. The van der Waals surface area contributed by atoms with Crippen LogP contribution in [0.25, 0.3) is 0 Å². The molecule has 3 spiro atoms. The fraction of sp³-hybridized carbons (Fsp3) is 0.918. The summed E-state index contributed by atoms with van der Waals surface area (Å²) in [6, 6.07) is 0. The van der Waals surface area contributed by atoms with Crippen molar-refractivity contribution in [3.63, 3.8) is 0 Å². The molecule has 17 fully saturated rings. The molecule has 21 nitrogen and oxygen atoms in total. The summed E-state index contributed by atoms with van der Waals surface area (Å²) in [6.45, 7) is 17.4. The van der Waals surface area contributed by atoms with Gasteiger partial charge in [0.2, 0.25) is 11.6 Å². The summed E-state index contributed by atoms with van der Waals surface area (Å²) < 4.78 is 109. The molecule has 82 heavy (non-hydrogen) atoms. The van der Waals surface area contributed by atoms with Gasteiger partial charge in [0.25, 0.3) is 0 Å². The van der Waals surface area contributed by atoms with Crippen molar-refractivity contribution in [1.82, 2.24) is 0 Å². The van der Waals surface area contributed by atoms with Crippen LogP contribution in [-0.2, 0) is 80.6 Å². The van der Waals surface area contributed by atoms with Crippen molar-refractivity contribution < 1.29 is 101 Å². The van der Waals surface area contributed by atoms with Gasteiger partial charge in [-0.1, -0.05) is 40.9 Å². The number of aliphatic hydroxyl groups is 4. The lowest BCUT2D eigenvalue weighted by molar-refractivity contribution is -0.369. The van der Waals surface area contributed by atoms with Crippen LogP contribution in [0.3, 0.4) is 0 Å². The lowest BCUT2D eigenvalue weighted by atomic mass is 9.78. The molecule has 19 unspecified atom stereocenters. The minimum absolute atomic E-state index is 0.0316. The first-order valence-electron chi connectivity index (χ1n) is 31.6. The van der Waals surface area contributed by atoms with Gasteiger partial charge in [0, 0.05) is 63.7 Å². The SMILES string of the molecule is C=C1CC2CC[C@@]34OC5C6O[C@@](O)(C(O3)C6OC3CCC(CC(=O)OC6[C@H](CC7O[C@@H](CCC1O2)C[C@@H](C)C7=C)O[C@H]1C[C@H]2O[C@@]7(CC8O[C@]9(C[C@H](C)C%10OC%11CC(C(O)CO)OC%11CC%10O9)C[C@H](C)C8O7)C[C@H]2O[C@H]1[C@@H]6C)O[C@@H]35)C4O. The summed E-state index contributed by atoms with van der Waals surface area (Å²) in [4.78, 5) is 14.6. The van der Waals surface area contributed by atoms with Crippen LogP contribution in [0.4, 0.5) is 0 Å². The van der Waals surface area contributed by atoms with Crippen molar-refractivity contribution in [2.24, 2.45) is 23.7 Å². The molecule has 21 heteroatoms. The Kier molecular flexibility index (Phi) is 13.6. The van der Waals surface area contributed by atoms with Crippen LogP contribution >= 0.6 is 0 Å². The van der Waals surface area contributed by atoms with Crippen LogP contribution in [0.5, 0.6) is 0 Å². The van der Waals surface area contributed by atoms with Gasteiger partial charge in [0.1, 0.15) is 42.7 Å². The number of carbonyl (C=O) groups is 1. The molecule has 0 aromatic heterocycles. The highest BCUT2D eigenvalue weighted by Gasteiger charge is 2.79. The van der Waals surface area contributed by atoms with Gasteiger partial charge in [-0.25, -0.2) is 0 Å². The van der Waals surface area contributed by atoms with Gasteiger partial charge in [-0.05, 0) is 73.8 Å². The number of aliphatic hydroxyl groups excluding tert-OH is 3. The molecule has 12 bridgehead atoms. The quantitative estimate of drug-likeness (QED) is 0.228. The standard InChI is InChI=1S/C61H86O21/c1-25-13-31-7-9-35-26(2)14-33(67-35)11-12-60-57(65)61(66)56(82-60)55-54(81-61)53(80-60)52-36(72-55)10-8-32(69-52)15-47(64)75-51-30(6)50-43(71-42(51)16-37(68-31)29(25)5)19-41-45(74-50)22-59(76-41)23-46-49(79-59)28(4)21-58(78-46)20-27(3)48-44(77-58)18-39-40(73-48)17-38(70-39)34(63)24-62/h25,27-28,30-46,48-57,62-63,65-66H,2,5,7-24H2,1,3-4,6H3/t25-,27+,28+,30+,31+,32?,33?,34?,35?,36?,37?,38?,39?,40?,41-,42+,43+,44?,45-,46?,48?,49?,50+,51?,52+,53?,54?,55?,56?,57?,58-,59+,60-,61+/m1/s1. The molecular weight excluding hydrogens is 1070 g/mol. The normalized spacial score (nSPS) is 59.6. The number of esters is 1. The summed E-state index contributed by atoms with van der Waals surface area (Å²) in [5.74, 6) is -5.68. The zero-order valence-electron chi connectivity index (χ0n) is 47.7. The smallest absolute Gasteiger partial charge is 0.308 e. The van der Waals surface area contributed by atoms with Crippen LogP contribution < -0.4 is 0 Å². The van der Waals surface area contributed by atoms with Crippen LogP contribution in [-0.4, -0.2) is 215 Å². The van der Waals surface area contributed by atoms with E-state index in [1.807, 2.05) is 0 Å². The van der Waals surface area contributed by atoms with E-state index in [1.165, 1.54) is 0 Å². The largest absolute Gasteiger partial charge is 0.459 e. The summed E-state index contributed by atoms with van der Waals surface area (Å²) in [5, 5.41) is 43.8. The van der Waals surface area contributed by atoms with E-state index >= 15 is 0 Å². The second kappa shape index (κ2) is 20.1. The molecule has 0 saturated carbocycles. The highest BCUT2D eigenvalue weighted by Crippen LogP contribution is 2.60. The van der Waals surface area contributed by atoms with Gasteiger partial charge < -0.3 is 96.2 Å². The lowest BCUT2D eigenvalue weighted by Crippen LogP contribution is -2.63. The predicted octanol–water partition coefficient (Wildman–Crippen LogP) is 3.62. The Morgan fingerprint density at radius 1 is 0.537 bits per heavy atom. The van der Waals surface area contributed by atoms with Crippen LogP contribution in [0.2, 0.25) is 0 Å². The average Bonchev–Trinajstić information content (AvgIpc) is 2.14. The van der Waals surface area contributed by atoms with E-state index < -0.39 is 108 Å². The Morgan fingerprint density at radius 2 is 1.22 bits per heavy atom. The predicted molar refractivity (Wildman–Crippen MR) is 279 cm³/mol.